The highest BCUT2D eigenvalue weighted by atomic mass is 16.3. The highest BCUT2D eigenvalue weighted by molar-refractivity contribution is 5.93. The quantitative estimate of drug-likeness (QED) is 0.459. The standard InChI is InChI=1S/C31H44N2O2/c1-18-11-20-13-21(12-18)17-30(3,16-20)27-15-25-22(14-28(27)35)5-6-24-23(25)9-10-31(4)26(24)7-8-29(31)33-32-19(2)34/h14-15,18,20-21,23-24,26,35H,5-13,16-17H2,1-4H3,(H,32,34)/b33-29+/t18?,20?,21?,23?,24?,26?,30?,31-/m0/s1. The molecule has 0 heterocycles. The number of rotatable bonds is 2. The molecule has 2 bridgehead atoms. The van der Waals surface area contributed by atoms with E-state index >= 15 is 0 Å². The third kappa shape index (κ3) is 3.85. The second kappa shape index (κ2) is 8.35. The van der Waals surface area contributed by atoms with Crippen molar-refractivity contribution in [3.05, 3.63) is 28.8 Å². The van der Waals surface area contributed by atoms with Crippen molar-refractivity contribution in [2.75, 3.05) is 0 Å². The number of nitrogens with one attached hydrogen (secondary N) is 1. The Balaban J connectivity index is 1.31. The van der Waals surface area contributed by atoms with Gasteiger partial charge >= 0.3 is 0 Å². The maximum atomic E-state index is 11.5. The molecule has 0 spiro atoms. The van der Waals surface area contributed by atoms with Gasteiger partial charge in [-0.15, -0.1) is 0 Å². The van der Waals surface area contributed by atoms with E-state index in [4.69, 9.17) is 0 Å². The molecule has 0 saturated heterocycles. The van der Waals surface area contributed by atoms with Gasteiger partial charge in [0.2, 0.25) is 5.91 Å². The predicted octanol–water partition coefficient (Wildman–Crippen LogP) is 6.84. The van der Waals surface area contributed by atoms with Crippen LogP contribution < -0.4 is 5.43 Å². The zero-order chi connectivity index (χ0) is 24.5. The summed E-state index contributed by atoms with van der Waals surface area (Å²) in [6.45, 7) is 8.83. The fraction of sp³-hybridized carbons (Fsp3) is 0.742. The molecule has 6 rings (SSSR count). The third-order valence-electron chi connectivity index (χ3n) is 11.2. The summed E-state index contributed by atoms with van der Waals surface area (Å²) < 4.78 is 0. The molecular formula is C31H44N2O2. The van der Waals surface area contributed by atoms with E-state index in [2.05, 4.69) is 43.4 Å². The van der Waals surface area contributed by atoms with Crippen LogP contribution in [0.2, 0.25) is 0 Å². The Morgan fingerprint density at radius 3 is 2.51 bits per heavy atom. The van der Waals surface area contributed by atoms with Crippen LogP contribution in [0, 0.1) is 35.0 Å². The monoisotopic (exact) mass is 476 g/mol. The lowest BCUT2D eigenvalue weighted by Crippen LogP contribution is -2.43. The Bertz CT molecular complexity index is 1040. The van der Waals surface area contributed by atoms with Gasteiger partial charge in [0.05, 0.1) is 0 Å². The Labute approximate surface area is 211 Å². The van der Waals surface area contributed by atoms with E-state index < -0.39 is 0 Å². The summed E-state index contributed by atoms with van der Waals surface area (Å²) in [4.78, 5) is 11.5. The number of aryl methyl sites for hydroxylation is 1. The molecule has 6 atom stereocenters. The number of phenolic OH excluding ortho intramolecular Hbond substituents is 1. The summed E-state index contributed by atoms with van der Waals surface area (Å²) in [5.74, 6) is 4.91. The van der Waals surface area contributed by atoms with Gasteiger partial charge < -0.3 is 5.11 Å². The van der Waals surface area contributed by atoms with Crippen LogP contribution >= 0.6 is 0 Å². The van der Waals surface area contributed by atoms with Crippen molar-refractivity contribution in [3.8, 4) is 5.75 Å². The smallest absolute Gasteiger partial charge is 0.236 e. The molecule has 190 valence electrons. The highest BCUT2D eigenvalue weighted by Gasteiger charge is 2.54. The van der Waals surface area contributed by atoms with E-state index in [0.717, 1.165) is 37.0 Å². The molecule has 0 aliphatic heterocycles. The maximum absolute atomic E-state index is 11.5. The minimum absolute atomic E-state index is 0.0769. The summed E-state index contributed by atoms with van der Waals surface area (Å²) in [6.07, 6.45) is 13.4. The van der Waals surface area contributed by atoms with Crippen molar-refractivity contribution >= 4 is 11.6 Å². The van der Waals surface area contributed by atoms with Crippen LogP contribution in [0.5, 0.6) is 5.75 Å². The Kier molecular flexibility index (Phi) is 5.62. The Morgan fingerprint density at radius 2 is 1.80 bits per heavy atom. The van der Waals surface area contributed by atoms with Gasteiger partial charge in [0, 0.05) is 23.6 Å². The number of nitrogens with zero attached hydrogens (tertiary/aromatic N) is 1. The number of benzene rings is 1. The molecule has 35 heavy (non-hydrogen) atoms. The first-order valence-electron chi connectivity index (χ1n) is 14.4. The van der Waals surface area contributed by atoms with Crippen molar-refractivity contribution in [2.24, 2.45) is 40.1 Å². The molecule has 1 aromatic rings. The van der Waals surface area contributed by atoms with Crippen molar-refractivity contribution in [1.82, 2.24) is 5.43 Å². The molecule has 1 aromatic carbocycles. The van der Waals surface area contributed by atoms with Gasteiger partial charge in [0.25, 0.3) is 0 Å². The number of carbonyl (C=O) groups excluding carboxylic acids is 1. The van der Waals surface area contributed by atoms with Gasteiger partial charge in [-0.1, -0.05) is 26.8 Å². The van der Waals surface area contributed by atoms with E-state index in [-0.39, 0.29) is 16.7 Å². The molecule has 0 radical (unpaired) electrons. The molecule has 5 unspecified atom stereocenters. The van der Waals surface area contributed by atoms with Crippen LogP contribution in [0.15, 0.2) is 17.2 Å². The van der Waals surface area contributed by atoms with E-state index in [0.29, 0.717) is 23.5 Å². The van der Waals surface area contributed by atoms with Crippen molar-refractivity contribution in [1.29, 1.82) is 0 Å². The first kappa shape index (κ1) is 23.6. The number of hydrazone groups is 1. The largest absolute Gasteiger partial charge is 0.508 e. The molecule has 5 aliphatic rings. The van der Waals surface area contributed by atoms with Gasteiger partial charge in [-0.3, -0.25) is 4.79 Å². The normalized spacial score (nSPS) is 43.3. The topological polar surface area (TPSA) is 61.7 Å². The Hall–Kier alpha value is -1.84. The highest BCUT2D eigenvalue weighted by Crippen LogP contribution is 2.61. The van der Waals surface area contributed by atoms with Crippen LogP contribution in [0.1, 0.15) is 115 Å². The molecule has 4 saturated carbocycles. The zero-order valence-electron chi connectivity index (χ0n) is 22.2. The number of hydrogen-bond donors (Lipinski definition) is 2. The first-order chi connectivity index (χ1) is 16.7. The second-order valence-corrected chi connectivity index (χ2v) is 13.7. The van der Waals surface area contributed by atoms with Crippen LogP contribution in [-0.4, -0.2) is 16.7 Å². The molecule has 4 nitrogen and oxygen atoms in total. The lowest BCUT2D eigenvalue weighted by atomic mass is 9.54. The van der Waals surface area contributed by atoms with E-state index in [9.17, 15) is 9.90 Å². The van der Waals surface area contributed by atoms with E-state index in [1.807, 2.05) is 0 Å². The average Bonchev–Trinajstić information content (AvgIpc) is 3.12. The second-order valence-electron chi connectivity index (χ2n) is 13.7. The number of carbonyl (C=O) groups is 1. The SMILES string of the molecule is CC(=O)N/N=C1\CCC2C3CCc4cc(O)c(C5(C)CC6CC(C)CC(C6)C5)cc4C3CC[C@]12C. The van der Waals surface area contributed by atoms with E-state index in [1.165, 1.54) is 68.2 Å². The molecule has 1 amide bonds. The molecule has 4 heteroatoms. The first-order valence-corrected chi connectivity index (χ1v) is 14.4. The molecular weight excluding hydrogens is 432 g/mol. The van der Waals surface area contributed by atoms with Crippen LogP contribution in [0.4, 0.5) is 0 Å². The Morgan fingerprint density at radius 1 is 1.06 bits per heavy atom. The van der Waals surface area contributed by atoms with Crippen molar-refractivity contribution < 1.29 is 9.90 Å². The summed E-state index contributed by atoms with van der Waals surface area (Å²) >= 11 is 0. The molecule has 2 N–H and O–H groups in total. The maximum Gasteiger partial charge on any atom is 0.236 e. The summed E-state index contributed by atoms with van der Waals surface area (Å²) in [6, 6.07) is 4.64. The number of hydrogen-bond acceptors (Lipinski definition) is 3. The predicted molar refractivity (Wildman–Crippen MR) is 141 cm³/mol. The van der Waals surface area contributed by atoms with Gasteiger partial charge in [0.15, 0.2) is 0 Å². The minimum atomic E-state index is -0.0769. The molecule has 5 aliphatic carbocycles. The van der Waals surface area contributed by atoms with Crippen LogP contribution in [-0.2, 0) is 16.6 Å². The van der Waals surface area contributed by atoms with Crippen LogP contribution in [0.3, 0.4) is 0 Å². The average molecular weight is 477 g/mol. The van der Waals surface area contributed by atoms with Crippen molar-refractivity contribution in [3.63, 3.8) is 0 Å². The van der Waals surface area contributed by atoms with Gasteiger partial charge in [0.1, 0.15) is 5.75 Å². The number of fused-ring (bicyclic) bond motifs is 7. The molecule has 0 aromatic heterocycles. The number of aromatic hydroxyl groups is 1. The summed E-state index contributed by atoms with van der Waals surface area (Å²) in [5.41, 5.74) is 8.35. The van der Waals surface area contributed by atoms with Gasteiger partial charge in [-0.05, 0) is 129 Å². The van der Waals surface area contributed by atoms with Crippen molar-refractivity contribution in [2.45, 2.75) is 110 Å². The van der Waals surface area contributed by atoms with Crippen LogP contribution in [0.25, 0.3) is 0 Å². The fourth-order valence-electron chi connectivity index (χ4n) is 10.0. The third-order valence-corrected chi connectivity index (χ3v) is 11.2. The van der Waals surface area contributed by atoms with E-state index in [1.54, 1.807) is 12.5 Å². The lowest BCUT2D eigenvalue weighted by Gasteiger charge is -2.50. The number of phenols is 1. The van der Waals surface area contributed by atoms with Gasteiger partial charge in [-0.2, -0.15) is 5.10 Å². The summed E-state index contributed by atoms with van der Waals surface area (Å²) in [5, 5.41) is 15.8. The fourth-order valence-corrected chi connectivity index (χ4v) is 10.0. The lowest BCUT2D eigenvalue weighted by molar-refractivity contribution is -0.118. The summed E-state index contributed by atoms with van der Waals surface area (Å²) in [7, 11) is 0. The van der Waals surface area contributed by atoms with Gasteiger partial charge in [-0.25, -0.2) is 5.43 Å². The zero-order valence-corrected chi connectivity index (χ0v) is 22.2. The number of amides is 1. The minimum Gasteiger partial charge on any atom is -0.508 e. The molecule has 4 fully saturated rings.